The molecule has 2 bridgehead atoms. The van der Waals surface area contributed by atoms with Gasteiger partial charge < -0.3 is 10.4 Å². The van der Waals surface area contributed by atoms with Gasteiger partial charge in [0, 0.05) is 12.5 Å². The zero-order valence-electron chi connectivity index (χ0n) is 10.8. The first-order valence-electron chi connectivity index (χ1n) is 6.76. The maximum absolute atomic E-state index is 12.0. The van der Waals surface area contributed by atoms with E-state index in [-0.39, 0.29) is 17.7 Å². The van der Waals surface area contributed by atoms with E-state index in [1.807, 2.05) is 0 Å². The summed E-state index contributed by atoms with van der Waals surface area (Å²) in [6.07, 6.45) is 7.86. The maximum atomic E-state index is 12.0. The Kier molecular flexibility index (Phi) is 4.04. The average molecular weight is 251 g/mol. The standard InChI is InChI=1S/C14H21NO3/c1-9(14(17)18)3-2-6-15-13(16)12-8-10-4-5-11(12)7-10/h4-5,9-12H,2-3,6-8H2,1H3,(H,15,16)(H,17,18). The molecular formula is C14H21NO3. The minimum atomic E-state index is -0.764. The van der Waals surface area contributed by atoms with Gasteiger partial charge in [-0.15, -0.1) is 0 Å². The SMILES string of the molecule is CC(CCCNC(=O)C1CC2C=CC1C2)C(=O)O. The second kappa shape index (κ2) is 5.55. The summed E-state index contributed by atoms with van der Waals surface area (Å²) in [6, 6.07) is 0. The molecule has 4 heteroatoms. The number of carboxylic acids is 1. The van der Waals surface area contributed by atoms with Crippen molar-refractivity contribution in [1.29, 1.82) is 0 Å². The van der Waals surface area contributed by atoms with Crippen LogP contribution < -0.4 is 5.32 Å². The van der Waals surface area contributed by atoms with E-state index in [0.717, 1.165) is 19.3 Å². The van der Waals surface area contributed by atoms with Gasteiger partial charge in [0.2, 0.25) is 5.91 Å². The molecule has 4 nitrogen and oxygen atoms in total. The molecule has 2 aliphatic rings. The van der Waals surface area contributed by atoms with E-state index in [9.17, 15) is 9.59 Å². The second-order valence-corrected chi connectivity index (χ2v) is 5.56. The molecule has 2 rings (SSSR count). The van der Waals surface area contributed by atoms with E-state index in [1.54, 1.807) is 6.92 Å². The number of carboxylic acid groups (broad SMARTS) is 1. The zero-order chi connectivity index (χ0) is 13.1. The monoisotopic (exact) mass is 251 g/mol. The highest BCUT2D eigenvalue weighted by Crippen LogP contribution is 2.43. The van der Waals surface area contributed by atoms with Gasteiger partial charge in [-0.3, -0.25) is 9.59 Å². The molecule has 1 saturated carbocycles. The van der Waals surface area contributed by atoms with Gasteiger partial charge >= 0.3 is 5.97 Å². The van der Waals surface area contributed by atoms with E-state index < -0.39 is 5.97 Å². The first-order valence-corrected chi connectivity index (χ1v) is 6.76. The molecule has 0 spiro atoms. The lowest BCUT2D eigenvalue weighted by Gasteiger charge is -2.17. The van der Waals surface area contributed by atoms with Crippen molar-refractivity contribution in [3.8, 4) is 0 Å². The first kappa shape index (κ1) is 13.1. The van der Waals surface area contributed by atoms with Crippen molar-refractivity contribution in [3.63, 3.8) is 0 Å². The third kappa shape index (κ3) is 2.92. The van der Waals surface area contributed by atoms with Gasteiger partial charge in [-0.1, -0.05) is 19.1 Å². The quantitative estimate of drug-likeness (QED) is 0.559. The number of carbonyl (C=O) groups is 2. The molecule has 0 aromatic heterocycles. The Hall–Kier alpha value is -1.32. The van der Waals surface area contributed by atoms with E-state index in [2.05, 4.69) is 17.5 Å². The number of fused-ring (bicyclic) bond motifs is 2. The van der Waals surface area contributed by atoms with Gasteiger partial charge in [-0.2, -0.15) is 0 Å². The molecule has 1 fully saturated rings. The van der Waals surface area contributed by atoms with Crippen LogP contribution in [0.25, 0.3) is 0 Å². The van der Waals surface area contributed by atoms with Crippen LogP contribution in [0.5, 0.6) is 0 Å². The van der Waals surface area contributed by atoms with Gasteiger partial charge in [0.25, 0.3) is 0 Å². The van der Waals surface area contributed by atoms with Crippen molar-refractivity contribution < 1.29 is 14.7 Å². The highest BCUT2D eigenvalue weighted by Gasteiger charge is 2.39. The minimum absolute atomic E-state index is 0.148. The highest BCUT2D eigenvalue weighted by molar-refractivity contribution is 5.79. The van der Waals surface area contributed by atoms with Gasteiger partial charge in [0.15, 0.2) is 0 Å². The summed E-state index contributed by atoms with van der Waals surface area (Å²) in [5, 5.41) is 11.7. The van der Waals surface area contributed by atoms with Crippen LogP contribution in [0, 0.1) is 23.7 Å². The van der Waals surface area contributed by atoms with Gasteiger partial charge in [-0.05, 0) is 37.5 Å². The molecule has 1 amide bonds. The molecule has 0 radical (unpaired) electrons. The van der Waals surface area contributed by atoms with E-state index in [1.165, 1.54) is 0 Å². The zero-order valence-corrected chi connectivity index (χ0v) is 10.8. The lowest BCUT2D eigenvalue weighted by molar-refractivity contribution is -0.141. The number of amides is 1. The van der Waals surface area contributed by atoms with E-state index >= 15 is 0 Å². The molecule has 0 aliphatic heterocycles. The van der Waals surface area contributed by atoms with E-state index in [4.69, 9.17) is 5.11 Å². The molecule has 18 heavy (non-hydrogen) atoms. The number of carbonyl (C=O) groups excluding carboxylic acids is 1. The van der Waals surface area contributed by atoms with Crippen molar-refractivity contribution in [2.75, 3.05) is 6.54 Å². The Morgan fingerprint density at radius 2 is 2.17 bits per heavy atom. The van der Waals surface area contributed by atoms with Gasteiger partial charge in [0.05, 0.1) is 5.92 Å². The summed E-state index contributed by atoms with van der Waals surface area (Å²) < 4.78 is 0. The first-order chi connectivity index (χ1) is 8.58. The van der Waals surface area contributed by atoms with Crippen molar-refractivity contribution in [1.82, 2.24) is 5.32 Å². The van der Waals surface area contributed by atoms with Crippen LogP contribution in [-0.4, -0.2) is 23.5 Å². The van der Waals surface area contributed by atoms with Crippen LogP contribution in [0.15, 0.2) is 12.2 Å². The van der Waals surface area contributed by atoms with E-state index in [0.29, 0.717) is 24.8 Å². The minimum Gasteiger partial charge on any atom is -0.481 e. The van der Waals surface area contributed by atoms with Gasteiger partial charge in [-0.25, -0.2) is 0 Å². The molecule has 2 N–H and O–H groups in total. The fourth-order valence-corrected chi connectivity index (χ4v) is 2.96. The summed E-state index contributed by atoms with van der Waals surface area (Å²) in [5.41, 5.74) is 0. The highest BCUT2D eigenvalue weighted by atomic mass is 16.4. The number of aliphatic carboxylic acids is 1. The molecule has 4 unspecified atom stereocenters. The number of hydrogen-bond donors (Lipinski definition) is 2. The normalized spacial score (nSPS) is 30.4. The molecule has 0 heterocycles. The molecule has 0 saturated heterocycles. The average Bonchev–Trinajstić information content (AvgIpc) is 2.95. The fraction of sp³-hybridized carbons (Fsp3) is 0.714. The van der Waals surface area contributed by atoms with Crippen LogP contribution in [0.1, 0.15) is 32.6 Å². The summed E-state index contributed by atoms with van der Waals surface area (Å²) in [6.45, 7) is 2.29. The van der Waals surface area contributed by atoms with Gasteiger partial charge in [0.1, 0.15) is 0 Å². The topological polar surface area (TPSA) is 66.4 Å². The smallest absolute Gasteiger partial charge is 0.306 e. The largest absolute Gasteiger partial charge is 0.481 e. The third-order valence-electron chi connectivity index (χ3n) is 4.15. The fourth-order valence-electron chi connectivity index (χ4n) is 2.96. The Morgan fingerprint density at radius 3 is 2.72 bits per heavy atom. The Balaban J connectivity index is 1.64. The van der Waals surface area contributed by atoms with Crippen LogP contribution in [0.2, 0.25) is 0 Å². The third-order valence-corrected chi connectivity index (χ3v) is 4.15. The van der Waals surface area contributed by atoms with Crippen molar-refractivity contribution >= 4 is 11.9 Å². The predicted molar refractivity (Wildman–Crippen MR) is 67.9 cm³/mol. The Labute approximate surface area is 107 Å². The molecule has 100 valence electrons. The molecule has 2 aliphatic carbocycles. The van der Waals surface area contributed by atoms with Crippen LogP contribution >= 0.6 is 0 Å². The number of allylic oxidation sites excluding steroid dienone is 2. The summed E-state index contributed by atoms with van der Waals surface area (Å²) in [5.74, 6) is 0.254. The van der Waals surface area contributed by atoms with Crippen LogP contribution in [-0.2, 0) is 9.59 Å². The van der Waals surface area contributed by atoms with Crippen LogP contribution in [0.3, 0.4) is 0 Å². The molecule has 4 atom stereocenters. The molecular weight excluding hydrogens is 230 g/mol. The lowest BCUT2D eigenvalue weighted by atomic mass is 9.93. The lowest BCUT2D eigenvalue weighted by Crippen LogP contribution is -2.33. The van der Waals surface area contributed by atoms with Crippen LogP contribution in [0.4, 0.5) is 0 Å². The van der Waals surface area contributed by atoms with Crippen molar-refractivity contribution in [3.05, 3.63) is 12.2 Å². The number of hydrogen-bond acceptors (Lipinski definition) is 2. The maximum Gasteiger partial charge on any atom is 0.306 e. The Bertz CT molecular complexity index is 364. The Morgan fingerprint density at radius 1 is 1.39 bits per heavy atom. The molecule has 0 aromatic rings. The van der Waals surface area contributed by atoms with Crippen molar-refractivity contribution in [2.45, 2.75) is 32.6 Å². The molecule has 0 aromatic carbocycles. The second-order valence-electron chi connectivity index (χ2n) is 5.56. The van der Waals surface area contributed by atoms with Crippen molar-refractivity contribution in [2.24, 2.45) is 23.7 Å². The predicted octanol–water partition coefficient (Wildman–Crippen LogP) is 1.82. The number of nitrogens with one attached hydrogen (secondary N) is 1. The summed E-state index contributed by atoms with van der Waals surface area (Å²) in [4.78, 5) is 22.6. The number of rotatable bonds is 6. The summed E-state index contributed by atoms with van der Waals surface area (Å²) >= 11 is 0. The summed E-state index contributed by atoms with van der Waals surface area (Å²) in [7, 11) is 0.